The maximum Gasteiger partial charge on any atom is 0.213 e. The Morgan fingerprint density at radius 2 is 1.90 bits per heavy atom. The van der Waals surface area contributed by atoms with Crippen molar-refractivity contribution in [3.05, 3.63) is 53.7 Å². The summed E-state index contributed by atoms with van der Waals surface area (Å²) in [6.07, 6.45) is 1.89. The predicted molar refractivity (Wildman–Crippen MR) is 74.9 cm³/mol. The first-order valence-corrected chi connectivity index (χ1v) is 6.72. The number of ether oxygens (including phenoxy) is 2. The molecule has 0 bridgehead atoms. The lowest BCUT2D eigenvalue weighted by Gasteiger charge is -2.12. The van der Waals surface area contributed by atoms with Crippen LogP contribution < -0.4 is 9.47 Å². The number of rotatable bonds is 5. The average Bonchev–Trinajstić information content (AvgIpc) is 3.31. The molecule has 104 valence electrons. The fourth-order valence-electron chi connectivity index (χ4n) is 1.97. The third-order valence-electron chi connectivity index (χ3n) is 3.26. The summed E-state index contributed by atoms with van der Waals surface area (Å²) < 4.78 is 10.8. The first kappa shape index (κ1) is 12.9. The van der Waals surface area contributed by atoms with Crippen LogP contribution in [0.4, 0.5) is 0 Å². The number of hydrogen-bond acceptors (Lipinski definition) is 4. The number of hydrogen-bond donors (Lipinski definition) is 1. The topological polar surface area (TPSA) is 51.6 Å². The van der Waals surface area contributed by atoms with Crippen LogP contribution >= 0.6 is 0 Å². The van der Waals surface area contributed by atoms with Crippen molar-refractivity contribution in [3.63, 3.8) is 0 Å². The molecule has 3 rings (SSSR count). The van der Waals surface area contributed by atoms with E-state index < -0.39 is 6.10 Å². The van der Waals surface area contributed by atoms with Gasteiger partial charge in [-0.2, -0.15) is 0 Å². The molecule has 0 saturated heterocycles. The van der Waals surface area contributed by atoms with E-state index in [4.69, 9.17) is 9.47 Å². The Morgan fingerprint density at radius 1 is 1.15 bits per heavy atom. The molecule has 1 heterocycles. The summed E-state index contributed by atoms with van der Waals surface area (Å²) in [4.78, 5) is 4.24. The van der Waals surface area contributed by atoms with Gasteiger partial charge in [-0.15, -0.1) is 0 Å². The summed E-state index contributed by atoms with van der Waals surface area (Å²) >= 11 is 0. The molecule has 0 amide bonds. The summed E-state index contributed by atoms with van der Waals surface area (Å²) in [6, 6.07) is 12.8. The quantitative estimate of drug-likeness (QED) is 0.908. The zero-order valence-corrected chi connectivity index (χ0v) is 11.3. The lowest BCUT2D eigenvalue weighted by Crippen LogP contribution is -2.03. The minimum absolute atomic E-state index is 0.380. The lowest BCUT2D eigenvalue weighted by atomic mass is 10.1. The molecular formula is C16H17NO3. The summed E-state index contributed by atoms with van der Waals surface area (Å²) in [5, 5.41) is 10.3. The Kier molecular flexibility index (Phi) is 3.56. The van der Waals surface area contributed by atoms with Crippen molar-refractivity contribution in [3.8, 4) is 11.6 Å². The minimum Gasteiger partial charge on any atom is -0.490 e. The van der Waals surface area contributed by atoms with Crippen LogP contribution in [0.1, 0.15) is 30.2 Å². The number of benzene rings is 1. The van der Waals surface area contributed by atoms with Gasteiger partial charge in [0.2, 0.25) is 5.88 Å². The molecular weight excluding hydrogens is 254 g/mol. The fourth-order valence-corrected chi connectivity index (χ4v) is 1.97. The Balaban J connectivity index is 1.76. The van der Waals surface area contributed by atoms with E-state index in [-0.39, 0.29) is 0 Å². The van der Waals surface area contributed by atoms with Crippen LogP contribution in [0.3, 0.4) is 0 Å². The average molecular weight is 271 g/mol. The molecule has 1 atom stereocenters. The van der Waals surface area contributed by atoms with Crippen LogP contribution in [0.2, 0.25) is 0 Å². The first-order valence-electron chi connectivity index (χ1n) is 6.72. The van der Waals surface area contributed by atoms with Crippen molar-refractivity contribution in [1.29, 1.82) is 0 Å². The molecule has 1 saturated carbocycles. The Bertz CT molecular complexity index is 579. The van der Waals surface area contributed by atoms with Gasteiger partial charge < -0.3 is 14.6 Å². The molecule has 1 aliphatic rings. The minimum atomic E-state index is -0.764. The van der Waals surface area contributed by atoms with Gasteiger partial charge in [0.25, 0.3) is 0 Å². The molecule has 1 aromatic carbocycles. The van der Waals surface area contributed by atoms with Gasteiger partial charge in [-0.3, -0.25) is 0 Å². The number of methoxy groups -OCH3 is 1. The molecule has 1 aromatic heterocycles. The number of aliphatic hydroxyl groups excluding tert-OH is 1. The van der Waals surface area contributed by atoms with Crippen molar-refractivity contribution < 1.29 is 14.6 Å². The van der Waals surface area contributed by atoms with Gasteiger partial charge in [-0.05, 0) is 36.6 Å². The Hall–Kier alpha value is -2.07. The van der Waals surface area contributed by atoms with E-state index >= 15 is 0 Å². The van der Waals surface area contributed by atoms with E-state index in [1.165, 1.54) is 0 Å². The zero-order chi connectivity index (χ0) is 13.9. The normalized spacial score (nSPS) is 15.7. The number of pyridine rings is 1. The largest absolute Gasteiger partial charge is 0.490 e. The highest BCUT2D eigenvalue weighted by Gasteiger charge is 2.23. The van der Waals surface area contributed by atoms with Gasteiger partial charge in [-0.1, -0.05) is 18.2 Å². The standard InChI is InChI=1S/C16H17NO3/c1-19-15-4-2-3-14(17-15)16(18)11-5-7-12(8-6-11)20-13-9-10-13/h2-8,13,16,18H,9-10H2,1H3. The maximum absolute atomic E-state index is 10.3. The van der Waals surface area contributed by atoms with Crippen molar-refractivity contribution in [2.24, 2.45) is 0 Å². The maximum atomic E-state index is 10.3. The SMILES string of the molecule is COc1cccc(C(O)c2ccc(OC3CC3)cc2)n1. The van der Waals surface area contributed by atoms with Crippen molar-refractivity contribution >= 4 is 0 Å². The smallest absolute Gasteiger partial charge is 0.213 e. The molecule has 1 N–H and O–H groups in total. The van der Waals surface area contributed by atoms with E-state index in [2.05, 4.69) is 4.98 Å². The highest BCUT2D eigenvalue weighted by atomic mass is 16.5. The molecule has 1 aliphatic carbocycles. The van der Waals surface area contributed by atoms with E-state index in [1.54, 1.807) is 19.2 Å². The highest BCUT2D eigenvalue weighted by Crippen LogP contribution is 2.28. The Labute approximate surface area is 118 Å². The van der Waals surface area contributed by atoms with Crippen molar-refractivity contribution in [2.45, 2.75) is 25.0 Å². The van der Waals surface area contributed by atoms with Gasteiger partial charge in [-0.25, -0.2) is 4.98 Å². The Morgan fingerprint density at radius 3 is 2.55 bits per heavy atom. The summed E-state index contributed by atoms with van der Waals surface area (Å²) in [7, 11) is 1.56. The van der Waals surface area contributed by atoms with Crippen molar-refractivity contribution in [2.75, 3.05) is 7.11 Å². The number of aliphatic hydroxyl groups is 1. The summed E-state index contributed by atoms with van der Waals surface area (Å²) in [5.74, 6) is 1.34. The molecule has 0 radical (unpaired) electrons. The van der Waals surface area contributed by atoms with Crippen molar-refractivity contribution in [1.82, 2.24) is 4.98 Å². The van der Waals surface area contributed by atoms with Crippen LogP contribution in [0.5, 0.6) is 11.6 Å². The fraction of sp³-hybridized carbons (Fsp3) is 0.312. The predicted octanol–water partition coefficient (Wildman–Crippen LogP) is 2.71. The molecule has 4 heteroatoms. The highest BCUT2D eigenvalue weighted by molar-refractivity contribution is 5.33. The van der Waals surface area contributed by atoms with Crippen LogP contribution in [0, 0.1) is 0 Å². The second-order valence-corrected chi connectivity index (χ2v) is 4.89. The number of nitrogens with zero attached hydrogens (tertiary/aromatic N) is 1. The molecule has 20 heavy (non-hydrogen) atoms. The molecule has 0 spiro atoms. The van der Waals surface area contributed by atoms with Gasteiger partial charge in [0.05, 0.1) is 18.9 Å². The van der Waals surface area contributed by atoms with E-state index in [9.17, 15) is 5.11 Å². The second kappa shape index (κ2) is 5.51. The van der Waals surface area contributed by atoms with Gasteiger partial charge >= 0.3 is 0 Å². The molecule has 4 nitrogen and oxygen atoms in total. The van der Waals surface area contributed by atoms with E-state index in [1.807, 2.05) is 30.3 Å². The van der Waals surface area contributed by atoms with Gasteiger partial charge in [0.15, 0.2) is 0 Å². The van der Waals surface area contributed by atoms with E-state index in [0.29, 0.717) is 17.7 Å². The lowest BCUT2D eigenvalue weighted by molar-refractivity contribution is 0.213. The van der Waals surface area contributed by atoms with Crippen LogP contribution in [0.15, 0.2) is 42.5 Å². The monoisotopic (exact) mass is 271 g/mol. The zero-order valence-electron chi connectivity index (χ0n) is 11.3. The van der Waals surface area contributed by atoms with Crippen LogP contribution in [0.25, 0.3) is 0 Å². The van der Waals surface area contributed by atoms with Gasteiger partial charge in [0.1, 0.15) is 11.9 Å². The van der Waals surface area contributed by atoms with Crippen LogP contribution in [-0.4, -0.2) is 23.3 Å². The first-order chi connectivity index (χ1) is 9.76. The third kappa shape index (κ3) is 2.91. The third-order valence-corrected chi connectivity index (χ3v) is 3.26. The second-order valence-electron chi connectivity index (χ2n) is 4.89. The molecule has 1 fully saturated rings. The number of aromatic nitrogens is 1. The molecule has 2 aromatic rings. The summed E-state index contributed by atoms with van der Waals surface area (Å²) in [5.41, 5.74) is 1.36. The summed E-state index contributed by atoms with van der Waals surface area (Å²) in [6.45, 7) is 0. The van der Waals surface area contributed by atoms with Crippen LogP contribution in [-0.2, 0) is 0 Å². The molecule has 1 unspecified atom stereocenters. The van der Waals surface area contributed by atoms with E-state index in [0.717, 1.165) is 24.2 Å². The molecule has 0 aliphatic heterocycles. The van der Waals surface area contributed by atoms with Gasteiger partial charge in [0, 0.05) is 6.07 Å².